The Hall–Kier alpha value is -2.89. The number of nitrogens with one attached hydrogen (secondary N) is 1. The quantitative estimate of drug-likeness (QED) is 0.754. The normalized spacial score (nSPS) is 10.8. The second kappa shape index (κ2) is 5.85. The van der Waals surface area contributed by atoms with Gasteiger partial charge in [-0.2, -0.15) is 0 Å². The first-order valence-electron chi connectivity index (χ1n) is 6.94. The van der Waals surface area contributed by atoms with E-state index in [-0.39, 0.29) is 6.42 Å². The van der Waals surface area contributed by atoms with Gasteiger partial charge in [-0.15, -0.1) is 0 Å². The second-order valence-corrected chi connectivity index (χ2v) is 5.06. The molecular weight excluding hydrogens is 280 g/mol. The van der Waals surface area contributed by atoms with Gasteiger partial charge < -0.3 is 15.0 Å². The number of benzene rings is 1. The number of anilines is 1. The number of fused-ring (bicyclic) bond motifs is 1. The Morgan fingerprint density at radius 3 is 2.91 bits per heavy atom. The van der Waals surface area contributed by atoms with Gasteiger partial charge in [-0.25, -0.2) is 4.98 Å². The molecule has 1 aromatic carbocycles. The second-order valence-electron chi connectivity index (χ2n) is 5.06. The zero-order chi connectivity index (χ0) is 15.5. The minimum atomic E-state index is -0.891. The molecule has 6 heteroatoms. The summed E-state index contributed by atoms with van der Waals surface area (Å²) in [6.45, 7) is 0.560. The number of carboxylic acids is 1. The lowest BCUT2D eigenvalue weighted by Gasteiger charge is -2.11. The van der Waals surface area contributed by atoms with E-state index in [1.54, 1.807) is 12.3 Å². The van der Waals surface area contributed by atoms with Crippen LogP contribution in [0.15, 0.2) is 42.7 Å². The summed E-state index contributed by atoms with van der Waals surface area (Å²) < 4.78 is 1.94. The van der Waals surface area contributed by atoms with Gasteiger partial charge in [0.15, 0.2) is 0 Å². The maximum Gasteiger partial charge on any atom is 0.309 e. The average molecular weight is 296 g/mol. The van der Waals surface area contributed by atoms with E-state index >= 15 is 0 Å². The summed E-state index contributed by atoms with van der Waals surface area (Å²) in [5, 5.41) is 13.3. The van der Waals surface area contributed by atoms with Crippen molar-refractivity contribution < 1.29 is 9.90 Å². The van der Waals surface area contributed by atoms with Crippen LogP contribution in [-0.2, 0) is 24.8 Å². The number of aryl methyl sites for hydroxylation is 1. The molecule has 0 aliphatic heterocycles. The number of aliphatic carboxylic acids is 1. The molecule has 6 nitrogen and oxygen atoms in total. The van der Waals surface area contributed by atoms with Crippen LogP contribution in [0.3, 0.4) is 0 Å². The van der Waals surface area contributed by atoms with Crippen LogP contribution in [0.4, 0.5) is 5.69 Å². The van der Waals surface area contributed by atoms with Gasteiger partial charge in [0.1, 0.15) is 5.82 Å². The highest BCUT2D eigenvalue weighted by molar-refractivity contribution is 5.91. The number of carbonyl (C=O) groups is 1. The molecule has 2 heterocycles. The van der Waals surface area contributed by atoms with Gasteiger partial charge in [-0.05, 0) is 12.1 Å². The highest BCUT2D eigenvalue weighted by Crippen LogP contribution is 2.23. The fourth-order valence-electron chi connectivity index (χ4n) is 2.36. The monoisotopic (exact) mass is 296 g/mol. The van der Waals surface area contributed by atoms with Gasteiger partial charge in [-0.1, -0.05) is 18.2 Å². The van der Waals surface area contributed by atoms with Gasteiger partial charge in [0.2, 0.25) is 0 Å². The van der Waals surface area contributed by atoms with E-state index in [4.69, 9.17) is 5.11 Å². The van der Waals surface area contributed by atoms with Crippen molar-refractivity contribution in [2.24, 2.45) is 7.05 Å². The van der Waals surface area contributed by atoms with E-state index in [1.165, 1.54) is 0 Å². The summed E-state index contributed by atoms with van der Waals surface area (Å²) in [7, 11) is 1.94. The van der Waals surface area contributed by atoms with Crippen LogP contribution in [-0.4, -0.2) is 25.6 Å². The Morgan fingerprint density at radius 2 is 2.18 bits per heavy atom. The van der Waals surface area contributed by atoms with Crippen LogP contribution in [0.2, 0.25) is 0 Å². The van der Waals surface area contributed by atoms with Crippen LogP contribution < -0.4 is 5.32 Å². The minimum absolute atomic E-state index is 0.0953. The zero-order valence-electron chi connectivity index (χ0n) is 12.2. The van der Waals surface area contributed by atoms with Crippen LogP contribution in [0.25, 0.3) is 10.9 Å². The molecule has 2 aromatic heterocycles. The van der Waals surface area contributed by atoms with Crippen LogP contribution >= 0.6 is 0 Å². The van der Waals surface area contributed by atoms with E-state index in [0.717, 1.165) is 22.4 Å². The molecule has 3 aromatic rings. The Morgan fingerprint density at radius 1 is 1.36 bits per heavy atom. The van der Waals surface area contributed by atoms with Gasteiger partial charge in [0, 0.05) is 30.5 Å². The third kappa shape index (κ3) is 2.90. The largest absolute Gasteiger partial charge is 0.481 e. The summed E-state index contributed by atoms with van der Waals surface area (Å²) >= 11 is 0. The fraction of sp³-hybridized carbons (Fsp3) is 0.188. The number of hydrogen-bond acceptors (Lipinski definition) is 4. The lowest BCUT2D eigenvalue weighted by atomic mass is 10.1. The van der Waals surface area contributed by atoms with Crippen molar-refractivity contribution in [3.63, 3.8) is 0 Å². The highest BCUT2D eigenvalue weighted by Gasteiger charge is 2.09. The van der Waals surface area contributed by atoms with Crippen molar-refractivity contribution in [3.8, 4) is 0 Å². The summed E-state index contributed by atoms with van der Waals surface area (Å²) in [5.41, 5.74) is 2.18. The number of nitrogens with zero attached hydrogens (tertiary/aromatic N) is 3. The predicted octanol–water partition coefficient (Wildman–Crippen LogP) is 2.21. The molecule has 0 atom stereocenters. The standard InChI is InChI=1S/C16H16N4O2/c1-20-7-6-17-15(20)10-18-14-8-11(9-16(21)22)19-13-5-3-2-4-12(13)14/h2-8H,9-10H2,1H3,(H,18,19)(H,21,22). The Kier molecular flexibility index (Phi) is 3.74. The number of pyridine rings is 1. The van der Waals surface area contributed by atoms with Crippen LogP contribution in [0.5, 0.6) is 0 Å². The molecule has 112 valence electrons. The topological polar surface area (TPSA) is 80.0 Å². The molecule has 0 saturated carbocycles. The number of rotatable bonds is 5. The zero-order valence-corrected chi connectivity index (χ0v) is 12.2. The average Bonchev–Trinajstić information content (AvgIpc) is 2.89. The molecule has 22 heavy (non-hydrogen) atoms. The number of hydrogen-bond donors (Lipinski definition) is 2. The van der Waals surface area contributed by atoms with Crippen molar-refractivity contribution in [1.82, 2.24) is 14.5 Å². The van der Waals surface area contributed by atoms with E-state index in [9.17, 15) is 4.79 Å². The molecule has 3 rings (SSSR count). The Balaban J connectivity index is 1.95. The number of aromatic nitrogens is 3. The maximum absolute atomic E-state index is 10.9. The molecule has 0 aliphatic rings. The molecule has 2 N–H and O–H groups in total. The molecule has 0 radical (unpaired) electrons. The van der Waals surface area contributed by atoms with Crippen molar-refractivity contribution in [2.45, 2.75) is 13.0 Å². The van der Waals surface area contributed by atoms with Crippen molar-refractivity contribution >= 4 is 22.6 Å². The molecule has 0 bridgehead atoms. The molecule has 0 unspecified atom stereocenters. The van der Waals surface area contributed by atoms with Crippen molar-refractivity contribution in [2.75, 3.05) is 5.32 Å². The van der Waals surface area contributed by atoms with Crippen LogP contribution in [0, 0.1) is 0 Å². The predicted molar refractivity (Wildman–Crippen MR) is 83.6 cm³/mol. The van der Waals surface area contributed by atoms with Gasteiger partial charge in [-0.3, -0.25) is 9.78 Å². The molecule has 0 spiro atoms. The van der Waals surface area contributed by atoms with Crippen LogP contribution in [0.1, 0.15) is 11.5 Å². The van der Waals surface area contributed by atoms with Crippen molar-refractivity contribution in [1.29, 1.82) is 0 Å². The third-order valence-corrected chi connectivity index (χ3v) is 3.46. The number of carboxylic acid groups (broad SMARTS) is 1. The molecule has 0 fully saturated rings. The SMILES string of the molecule is Cn1ccnc1CNc1cc(CC(=O)O)nc2ccccc12. The fourth-order valence-corrected chi connectivity index (χ4v) is 2.36. The first kappa shape index (κ1) is 14.1. The first-order valence-corrected chi connectivity index (χ1v) is 6.94. The third-order valence-electron chi connectivity index (χ3n) is 3.46. The molecular formula is C16H16N4O2. The summed E-state index contributed by atoms with van der Waals surface area (Å²) in [6, 6.07) is 9.47. The van der Waals surface area contributed by atoms with Gasteiger partial charge in [0.05, 0.1) is 24.2 Å². The molecule has 0 saturated heterocycles. The number of imidazole rings is 1. The van der Waals surface area contributed by atoms with E-state index in [1.807, 2.05) is 42.1 Å². The maximum atomic E-state index is 10.9. The lowest BCUT2D eigenvalue weighted by Crippen LogP contribution is -2.08. The minimum Gasteiger partial charge on any atom is -0.481 e. The van der Waals surface area contributed by atoms with Crippen molar-refractivity contribution in [3.05, 3.63) is 54.2 Å². The van der Waals surface area contributed by atoms with E-state index in [2.05, 4.69) is 15.3 Å². The Bertz CT molecular complexity index is 826. The summed E-state index contributed by atoms with van der Waals surface area (Å²) in [4.78, 5) is 19.6. The highest BCUT2D eigenvalue weighted by atomic mass is 16.4. The Labute approximate surface area is 127 Å². The van der Waals surface area contributed by atoms with E-state index < -0.39 is 5.97 Å². The summed E-state index contributed by atoms with van der Waals surface area (Å²) in [6.07, 6.45) is 3.54. The molecule has 0 amide bonds. The number of para-hydroxylation sites is 1. The smallest absolute Gasteiger partial charge is 0.309 e. The van der Waals surface area contributed by atoms with Gasteiger partial charge >= 0.3 is 5.97 Å². The molecule has 0 aliphatic carbocycles. The van der Waals surface area contributed by atoms with E-state index in [0.29, 0.717) is 12.2 Å². The van der Waals surface area contributed by atoms with Gasteiger partial charge in [0.25, 0.3) is 0 Å². The first-order chi connectivity index (χ1) is 10.6. The summed E-state index contributed by atoms with van der Waals surface area (Å²) in [5.74, 6) is 0.0125. The lowest BCUT2D eigenvalue weighted by molar-refractivity contribution is -0.136.